The monoisotopic (exact) mass is 223 g/mol. The van der Waals surface area contributed by atoms with Gasteiger partial charge in [0.05, 0.1) is 11.0 Å². The number of non-ortho nitro benzene ring substituents is 1. The van der Waals surface area contributed by atoms with Gasteiger partial charge in [-0.25, -0.2) is 0 Å². The number of hydrogen-bond acceptors (Lipinski definition) is 4. The average molecular weight is 223 g/mol. The predicted octanol–water partition coefficient (Wildman–Crippen LogP) is 1.14. The van der Waals surface area contributed by atoms with E-state index in [0.717, 1.165) is 0 Å². The number of nitrogens with zero attached hydrogens (tertiary/aromatic N) is 1. The lowest BCUT2D eigenvalue weighted by Crippen LogP contribution is -2.35. The summed E-state index contributed by atoms with van der Waals surface area (Å²) in [7, 11) is 1.66. The molecule has 0 heterocycles. The van der Waals surface area contributed by atoms with Crippen LogP contribution < -0.4 is 10.6 Å². The number of hydrogen-bond donors (Lipinski definition) is 2. The zero-order chi connectivity index (χ0) is 12.1. The zero-order valence-electron chi connectivity index (χ0n) is 9.06. The molecule has 1 amide bonds. The van der Waals surface area contributed by atoms with Crippen molar-refractivity contribution in [2.75, 3.05) is 12.4 Å². The van der Waals surface area contributed by atoms with Crippen LogP contribution in [0.2, 0.25) is 0 Å². The van der Waals surface area contributed by atoms with Gasteiger partial charge in [-0.3, -0.25) is 14.9 Å². The number of nitro groups is 1. The molecule has 0 aromatic heterocycles. The van der Waals surface area contributed by atoms with Crippen LogP contribution in [0.25, 0.3) is 0 Å². The molecule has 0 bridgehead atoms. The van der Waals surface area contributed by atoms with Crippen molar-refractivity contribution in [2.24, 2.45) is 0 Å². The summed E-state index contributed by atoms with van der Waals surface area (Å²) in [5.41, 5.74) is 0.371. The highest BCUT2D eigenvalue weighted by Crippen LogP contribution is 2.16. The maximum Gasteiger partial charge on any atom is 0.271 e. The number of nitro benzene ring substituents is 1. The van der Waals surface area contributed by atoms with Crippen LogP contribution in [0.3, 0.4) is 0 Å². The molecule has 1 aromatic rings. The van der Waals surface area contributed by atoms with Gasteiger partial charge in [0.2, 0.25) is 5.91 Å². The van der Waals surface area contributed by atoms with Crippen molar-refractivity contribution in [1.82, 2.24) is 5.32 Å². The third kappa shape index (κ3) is 3.03. The highest BCUT2D eigenvalue weighted by atomic mass is 16.6. The molecule has 2 N–H and O–H groups in total. The van der Waals surface area contributed by atoms with Gasteiger partial charge >= 0.3 is 0 Å². The summed E-state index contributed by atoms with van der Waals surface area (Å²) in [6.07, 6.45) is 0. The standard InChI is InChI=1S/C10H13N3O3/c1-7(11-2)10(14)12-8-4-3-5-9(6-8)13(15)16/h3-7,11H,1-2H3,(H,12,14). The third-order valence-corrected chi connectivity index (χ3v) is 2.15. The molecular formula is C10H13N3O3. The predicted molar refractivity (Wildman–Crippen MR) is 60.2 cm³/mol. The van der Waals surface area contributed by atoms with Gasteiger partial charge < -0.3 is 10.6 Å². The fraction of sp³-hybridized carbons (Fsp3) is 0.300. The fourth-order valence-electron chi connectivity index (χ4n) is 1.08. The van der Waals surface area contributed by atoms with Gasteiger partial charge in [-0.2, -0.15) is 0 Å². The summed E-state index contributed by atoms with van der Waals surface area (Å²) in [5.74, 6) is -0.233. The molecule has 6 nitrogen and oxygen atoms in total. The van der Waals surface area contributed by atoms with E-state index in [1.165, 1.54) is 18.2 Å². The highest BCUT2D eigenvalue weighted by Gasteiger charge is 2.12. The first kappa shape index (κ1) is 12.1. The highest BCUT2D eigenvalue weighted by molar-refractivity contribution is 5.94. The molecule has 0 aliphatic heterocycles. The van der Waals surface area contributed by atoms with E-state index in [1.54, 1.807) is 20.0 Å². The van der Waals surface area contributed by atoms with Gasteiger partial charge in [0.15, 0.2) is 0 Å². The van der Waals surface area contributed by atoms with Crippen molar-refractivity contribution < 1.29 is 9.72 Å². The Kier molecular flexibility index (Phi) is 3.96. The maximum absolute atomic E-state index is 11.5. The molecule has 0 fully saturated rings. The first-order chi connectivity index (χ1) is 7.54. The quantitative estimate of drug-likeness (QED) is 0.592. The molecule has 0 aliphatic rings. The number of carbonyl (C=O) groups excluding carboxylic acids is 1. The van der Waals surface area contributed by atoms with Crippen LogP contribution in [-0.2, 0) is 4.79 Å². The van der Waals surface area contributed by atoms with E-state index < -0.39 is 4.92 Å². The smallest absolute Gasteiger partial charge is 0.271 e. The second-order valence-electron chi connectivity index (χ2n) is 3.31. The van der Waals surface area contributed by atoms with Crippen LogP contribution in [0.15, 0.2) is 24.3 Å². The Morgan fingerprint density at radius 1 is 1.50 bits per heavy atom. The zero-order valence-corrected chi connectivity index (χ0v) is 9.06. The average Bonchev–Trinajstić information content (AvgIpc) is 2.28. The lowest BCUT2D eigenvalue weighted by molar-refractivity contribution is -0.384. The second-order valence-corrected chi connectivity index (χ2v) is 3.31. The minimum atomic E-state index is -0.503. The number of nitrogens with one attached hydrogen (secondary N) is 2. The Morgan fingerprint density at radius 3 is 2.75 bits per heavy atom. The largest absolute Gasteiger partial charge is 0.324 e. The number of rotatable bonds is 4. The van der Waals surface area contributed by atoms with Gasteiger partial charge in [0, 0.05) is 17.8 Å². The van der Waals surface area contributed by atoms with E-state index in [9.17, 15) is 14.9 Å². The summed E-state index contributed by atoms with van der Waals surface area (Å²) in [6, 6.07) is 5.47. The van der Waals surface area contributed by atoms with Crippen LogP contribution in [-0.4, -0.2) is 23.9 Å². The van der Waals surface area contributed by atoms with Gasteiger partial charge in [0.25, 0.3) is 5.69 Å². The summed E-state index contributed by atoms with van der Waals surface area (Å²) in [6.45, 7) is 1.70. The molecular weight excluding hydrogens is 210 g/mol. The van der Waals surface area contributed by atoms with E-state index in [0.29, 0.717) is 5.69 Å². The Hall–Kier alpha value is -1.95. The molecule has 1 unspecified atom stereocenters. The van der Waals surface area contributed by atoms with Crippen LogP contribution in [0.5, 0.6) is 0 Å². The normalized spacial score (nSPS) is 11.9. The van der Waals surface area contributed by atoms with Crippen LogP contribution in [0.1, 0.15) is 6.92 Å². The molecule has 0 radical (unpaired) electrons. The summed E-state index contributed by atoms with van der Waals surface area (Å²) in [4.78, 5) is 21.5. The van der Waals surface area contributed by atoms with Crippen molar-refractivity contribution in [1.29, 1.82) is 0 Å². The van der Waals surface area contributed by atoms with Crippen LogP contribution in [0.4, 0.5) is 11.4 Å². The van der Waals surface area contributed by atoms with Gasteiger partial charge in [-0.05, 0) is 20.0 Å². The lowest BCUT2D eigenvalue weighted by Gasteiger charge is -2.10. The number of benzene rings is 1. The van der Waals surface area contributed by atoms with E-state index >= 15 is 0 Å². The molecule has 0 spiro atoms. The number of anilines is 1. The Labute approximate surface area is 92.8 Å². The summed E-state index contributed by atoms with van der Waals surface area (Å²) >= 11 is 0. The molecule has 1 atom stereocenters. The van der Waals surface area contributed by atoms with Gasteiger partial charge in [-0.15, -0.1) is 0 Å². The van der Waals surface area contributed by atoms with Crippen molar-refractivity contribution in [2.45, 2.75) is 13.0 Å². The number of carbonyl (C=O) groups is 1. The minimum absolute atomic E-state index is 0.0464. The van der Waals surface area contributed by atoms with Crippen LogP contribution >= 0.6 is 0 Å². The molecule has 0 saturated heterocycles. The topological polar surface area (TPSA) is 84.3 Å². The molecule has 0 saturated carbocycles. The molecule has 1 aromatic carbocycles. The Bertz CT molecular complexity index is 406. The van der Waals surface area contributed by atoms with E-state index in [1.807, 2.05) is 0 Å². The molecule has 1 rings (SSSR count). The third-order valence-electron chi connectivity index (χ3n) is 2.15. The fourth-order valence-corrected chi connectivity index (χ4v) is 1.08. The van der Waals surface area contributed by atoms with E-state index in [2.05, 4.69) is 10.6 Å². The van der Waals surface area contributed by atoms with Crippen molar-refractivity contribution in [3.05, 3.63) is 34.4 Å². The van der Waals surface area contributed by atoms with Gasteiger partial charge in [0.1, 0.15) is 0 Å². The minimum Gasteiger partial charge on any atom is -0.324 e. The molecule has 86 valence electrons. The lowest BCUT2D eigenvalue weighted by atomic mass is 10.2. The molecule has 16 heavy (non-hydrogen) atoms. The van der Waals surface area contributed by atoms with E-state index in [-0.39, 0.29) is 17.6 Å². The van der Waals surface area contributed by atoms with Crippen molar-refractivity contribution in [3.63, 3.8) is 0 Å². The Morgan fingerprint density at radius 2 is 2.19 bits per heavy atom. The molecule has 0 aliphatic carbocycles. The summed E-state index contributed by atoms with van der Waals surface area (Å²) in [5, 5.41) is 15.9. The van der Waals surface area contributed by atoms with Gasteiger partial charge in [-0.1, -0.05) is 6.07 Å². The van der Waals surface area contributed by atoms with E-state index in [4.69, 9.17) is 0 Å². The Balaban J connectivity index is 2.78. The van der Waals surface area contributed by atoms with Crippen molar-refractivity contribution >= 4 is 17.3 Å². The summed E-state index contributed by atoms with van der Waals surface area (Å²) < 4.78 is 0. The first-order valence-electron chi connectivity index (χ1n) is 4.77. The van der Waals surface area contributed by atoms with Crippen molar-refractivity contribution in [3.8, 4) is 0 Å². The maximum atomic E-state index is 11.5. The SMILES string of the molecule is CNC(C)C(=O)Nc1cccc([N+](=O)[O-])c1. The number of amides is 1. The van der Waals surface area contributed by atoms with Crippen LogP contribution in [0, 0.1) is 10.1 Å². The first-order valence-corrected chi connectivity index (χ1v) is 4.77. The second kappa shape index (κ2) is 5.22. The number of likely N-dealkylation sites (N-methyl/N-ethyl adjacent to an activating group) is 1. The molecule has 6 heteroatoms.